The quantitative estimate of drug-likeness (QED) is 0.586. The first kappa shape index (κ1) is 12.5. The van der Waals surface area contributed by atoms with Crippen LogP contribution in [0.3, 0.4) is 0 Å². The third kappa shape index (κ3) is 2.65. The first-order valence-electron chi connectivity index (χ1n) is 5.40. The van der Waals surface area contributed by atoms with Crippen LogP contribution in [0.15, 0.2) is 66.7 Å². The van der Waals surface area contributed by atoms with E-state index in [1.165, 1.54) is 16.3 Å². The molecule has 0 saturated heterocycles. The fourth-order valence-electron chi connectivity index (χ4n) is 1.90. The molecule has 0 aromatic heterocycles. The molecule has 0 spiro atoms. The first-order chi connectivity index (χ1) is 7.93. The van der Waals surface area contributed by atoms with E-state index in [0.717, 1.165) is 5.56 Å². The Hall–Kier alpha value is -0.976. The second kappa shape index (κ2) is 5.57. The van der Waals surface area contributed by atoms with E-state index in [9.17, 15) is 0 Å². The molecule has 0 fully saturated rings. The Morgan fingerprint density at radius 2 is 1.35 bits per heavy atom. The van der Waals surface area contributed by atoms with Crippen LogP contribution in [0.2, 0.25) is 0 Å². The fraction of sp³-hybridized carbons (Fsp3) is 0. The summed E-state index contributed by atoms with van der Waals surface area (Å²) in [5, 5.41) is 2.41. The third-order valence-electron chi connectivity index (χ3n) is 2.74. The molecule has 0 atom stereocenters. The predicted molar refractivity (Wildman–Crippen MR) is 68.2 cm³/mol. The van der Waals surface area contributed by atoms with Crippen molar-refractivity contribution in [3.63, 3.8) is 0 Å². The van der Waals surface area contributed by atoms with Gasteiger partial charge in [0.25, 0.3) is 0 Å². The van der Waals surface area contributed by atoms with Crippen LogP contribution in [-0.4, -0.2) is 0 Å². The van der Waals surface area contributed by atoms with Gasteiger partial charge in [0, 0.05) is 32.7 Å². The third-order valence-corrected chi connectivity index (χ3v) is 2.74. The number of fused-ring (bicyclic) bond motifs is 1. The van der Waals surface area contributed by atoms with E-state index in [1.807, 2.05) is 12.1 Å². The maximum atomic E-state index is 3.44. The molecular weight excluding hydrogens is 281 g/mol. The summed E-state index contributed by atoms with van der Waals surface area (Å²) in [5.74, 6) is 0. The zero-order valence-corrected chi connectivity index (χ0v) is 12.3. The Balaban J connectivity index is 0.00000108. The molecule has 0 N–H and O–H groups in total. The van der Waals surface area contributed by atoms with Crippen LogP contribution >= 0.6 is 0 Å². The van der Waals surface area contributed by atoms with Gasteiger partial charge in [0.2, 0.25) is 0 Å². The van der Waals surface area contributed by atoms with Crippen molar-refractivity contribution < 1.29 is 32.7 Å². The van der Waals surface area contributed by atoms with E-state index in [2.05, 4.69) is 60.7 Å². The van der Waals surface area contributed by atoms with E-state index in [0.29, 0.717) is 0 Å². The van der Waals surface area contributed by atoms with Crippen molar-refractivity contribution in [1.82, 2.24) is 0 Å². The van der Waals surface area contributed by atoms with Crippen molar-refractivity contribution in [2.45, 2.75) is 0 Å². The SMILES string of the molecule is [Y].[c-]1c(-c2ccccc2)ccc2ccccc12. The largest absolute Gasteiger partial charge is 0.125 e. The Bertz CT molecular complexity index is 615. The maximum Gasteiger partial charge on any atom is 0 e. The molecule has 0 heterocycles. The van der Waals surface area contributed by atoms with Crippen molar-refractivity contribution in [1.29, 1.82) is 0 Å². The molecule has 3 aromatic rings. The predicted octanol–water partition coefficient (Wildman–Crippen LogP) is 4.30. The second-order valence-electron chi connectivity index (χ2n) is 3.83. The fourth-order valence-corrected chi connectivity index (χ4v) is 1.90. The zero-order valence-electron chi connectivity index (χ0n) is 9.43. The van der Waals surface area contributed by atoms with E-state index in [1.54, 1.807) is 0 Å². The van der Waals surface area contributed by atoms with Gasteiger partial charge in [-0.05, 0) is 0 Å². The Labute approximate surface area is 127 Å². The minimum atomic E-state index is 0. The van der Waals surface area contributed by atoms with Gasteiger partial charge in [0.05, 0.1) is 0 Å². The van der Waals surface area contributed by atoms with Gasteiger partial charge in [0.1, 0.15) is 0 Å². The van der Waals surface area contributed by atoms with Gasteiger partial charge < -0.3 is 0 Å². The number of rotatable bonds is 1. The normalized spacial score (nSPS) is 9.88. The van der Waals surface area contributed by atoms with Crippen LogP contribution in [0.1, 0.15) is 0 Å². The molecule has 0 unspecified atom stereocenters. The van der Waals surface area contributed by atoms with Gasteiger partial charge in [-0.25, -0.2) is 0 Å². The molecule has 0 aliphatic carbocycles. The topological polar surface area (TPSA) is 0 Å². The van der Waals surface area contributed by atoms with E-state index in [-0.39, 0.29) is 32.7 Å². The minimum absolute atomic E-state index is 0. The van der Waals surface area contributed by atoms with Crippen LogP contribution in [0, 0.1) is 6.07 Å². The minimum Gasteiger partial charge on any atom is -0.125 e. The van der Waals surface area contributed by atoms with Crippen molar-refractivity contribution in [2.75, 3.05) is 0 Å². The molecule has 1 radical (unpaired) electrons. The van der Waals surface area contributed by atoms with Gasteiger partial charge in [-0.3, -0.25) is 0 Å². The summed E-state index contributed by atoms with van der Waals surface area (Å²) < 4.78 is 0. The Kier molecular flexibility index (Phi) is 4.09. The molecule has 1 heteroatoms. The van der Waals surface area contributed by atoms with E-state index < -0.39 is 0 Å². The van der Waals surface area contributed by atoms with Crippen molar-refractivity contribution >= 4 is 10.8 Å². The van der Waals surface area contributed by atoms with Gasteiger partial charge in [-0.15, -0.1) is 35.2 Å². The van der Waals surface area contributed by atoms with Crippen LogP contribution in [0.25, 0.3) is 21.9 Å². The first-order valence-corrected chi connectivity index (χ1v) is 5.40. The summed E-state index contributed by atoms with van der Waals surface area (Å²) in [6, 6.07) is 26.4. The number of hydrogen-bond donors (Lipinski definition) is 0. The number of benzene rings is 3. The molecule has 3 aromatic carbocycles. The van der Waals surface area contributed by atoms with E-state index >= 15 is 0 Å². The second-order valence-corrected chi connectivity index (χ2v) is 3.83. The summed E-state index contributed by atoms with van der Waals surface area (Å²) in [6.45, 7) is 0. The molecule has 3 rings (SSSR count). The maximum absolute atomic E-state index is 3.44. The van der Waals surface area contributed by atoms with Crippen LogP contribution in [-0.2, 0) is 32.7 Å². The summed E-state index contributed by atoms with van der Waals surface area (Å²) in [6.07, 6.45) is 0. The molecule has 79 valence electrons. The number of hydrogen-bond acceptors (Lipinski definition) is 0. The smallest absolute Gasteiger partial charge is 0 e. The van der Waals surface area contributed by atoms with Crippen LogP contribution < -0.4 is 0 Å². The van der Waals surface area contributed by atoms with Crippen molar-refractivity contribution in [2.24, 2.45) is 0 Å². The molecule has 0 saturated carbocycles. The van der Waals surface area contributed by atoms with Gasteiger partial charge in [-0.2, -0.15) is 0 Å². The summed E-state index contributed by atoms with van der Waals surface area (Å²) >= 11 is 0. The van der Waals surface area contributed by atoms with Crippen LogP contribution in [0.4, 0.5) is 0 Å². The Morgan fingerprint density at radius 3 is 2.18 bits per heavy atom. The van der Waals surface area contributed by atoms with Gasteiger partial charge in [0.15, 0.2) is 0 Å². The van der Waals surface area contributed by atoms with Crippen LogP contribution in [0.5, 0.6) is 0 Å². The van der Waals surface area contributed by atoms with Crippen molar-refractivity contribution in [3.8, 4) is 11.1 Å². The molecular formula is C16H11Y-. The zero-order chi connectivity index (χ0) is 10.8. The van der Waals surface area contributed by atoms with Gasteiger partial charge in [-0.1, -0.05) is 59.5 Å². The average molecular weight is 292 g/mol. The monoisotopic (exact) mass is 292 g/mol. The molecule has 0 bridgehead atoms. The summed E-state index contributed by atoms with van der Waals surface area (Å²) in [5.41, 5.74) is 2.37. The summed E-state index contributed by atoms with van der Waals surface area (Å²) in [7, 11) is 0. The summed E-state index contributed by atoms with van der Waals surface area (Å²) in [4.78, 5) is 0. The average Bonchev–Trinajstić information content (AvgIpc) is 2.39. The molecule has 17 heavy (non-hydrogen) atoms. The molecule has 0 aliphatic rings. The molecule has 0 amide bonds. The molecule has 0 aliphatic heterocycles. The van der Waals surface area contributed by atoms with E-state index in [4.69, 9.17) is 0 Å². The Morgan fingerprint density at radius 1 is 0.647 bits per heavy atom. The van der Waals surface area contributed by atoms with Gasteiger partial charge >= 0.3 is 0 Å². The molecule has 0 nitrogen and oxygen atoms in total. The van der Waals surface area contributed by atoms with Crippen molar-refractivity contribution in [3.05, 3.63) is 72.8 Å². The standard InChI is InChI=1S/C16H11.Y/c1-2-6-13(7-3-1)16-11-10-14-8-4-5-9-15(14)12-16;/h1-11H;/q-1;.